The second-order valence-electron chi connectivity index (χ2n) is 10.5. The number of benzene rings is 2. The van der Waals surface area contributed by atoms with Crippen molar-refractivity contribution in [1.29, 1.82) is 0 Å². The minimum absolute atomic E-state index is 0.0471. The summed E-state index contributed by atoms with van der Waals surface area (Å²) in [6.45, 7) is 3.30. The molecule has 5 heteroatoms. The highest BCUT2D eigenvalue weighted by molar-refractivity contribution is 5.33. The maximum absolute atomic E-state index is 15.1. The predicted molar refractivity (Wildman–Crippen MR) is 127 cm³/mol. The molecule has 0 aromatic heterocycles. The zero-order valence-electron chi connectivity index (χ0n) is 20.0. The van der Waals surface area contributed by atoms with E-state index in [9.17, 15) is 4.39 Å². The fourth-order valence-corrected chi connectivity index (χ4v) is 6.03. The third-order valence-electron chi connectivity index (χ3n) is 8.43. The summed E-state index contributed by atoms with van der Waals surface area (Å²) >= 11 is 0. The second-order valence-corrected chi connectivity index (χ2v) is 10.5. The molecule has 2 aliphatic carbocycles. The summed E-state index contributed by atoms with van der Waals surface area (Å²) < 4.78 is 55.3. The Labute approximate surface area is 200 Å². The topological polar surface area (TPSA) is 21.8 Å². The van der Waals surface area contributed by atoms with Gasteiger partial charge in [0, 0.05) is 11.6 Å². The maximum atomic E-state index is 15.1. The van der Waals surface area contributed by atoms with Gasteiger partial charge in [-0.15, -0.1) is 0 Å². The van der Waals surface area contributed by atoms with Crippen LogP contribution in [0.3, 0.4) is 0 Å². The quantitative estimate of drug-likeness (QED) is 0.379. The Morgan fingerprint density at radius 1 is 0.765 bits per heavy atom. The first-order valence-corrected chi connectivity index (χ1v) is 13.0. The van der Waals surface area contributed by atoms with Gasteiger partial charge < -0.3 is 9.47 Å². The predicted octanol–water partition coefficient (Wildman–Crippen LogP) is 8.21. The molecule has 0 spiro atoms. The van der Waals surface area contributed by atoms with E-state index in [1.54, 1.807) is 12.1 Å². The number of rotatable bonds is 7. The summed E-state index contributed by atoms with van der Waals surface area (Å²) in [6.07, 6.45) is 8.63. The minimum Gasteiger partial charge on any atom is -0.493 e. The standard InChI is InChI=1S/C29H35F3O2/c1-2-18-3-7-20(8-4-18)23-13-14-24(29(32)28(23)31)21-9-5-19(6-10-21)16-33-22-11-12-25(26(30)15-22)27-17-34-27/h11-15,18-21,27H,2-10,16-17H2,1H3. The molecule has 0 bridgehead atoms. The molecular weight excluding hydrogens is 437 g/mol. The van der Waals surface area contributed by atoms with Gasteiger partial charge in [0.05, 0.1) is 13.2 Å². The van der Waals surface area contributed by atoms with E-state index in [4.69, 9.17) is 9.47 Å². The van der Waals surface area contributed by atoms with E-state index < -0.39 is 11.6 Å². The molecule has 184 valence electrons. The molecule has 0 radical (unpaired) electrons. The van der Waals surface area contributed by atoms with E-state index in [0.29, 0.717) is 41.6 Å². The normalized spacial score (nSPS) is 29.1. The highest BCUT2D eigenvalue weighted by Crippen LogP contribution is 2.42. The van der Waals surface area contributed by atoms with Crippen molar-refractivity contribution in [2.75, 3.05) is 13.2 Å². The smallest absolute Gasteiger partial charge is 0.162 e. The SMILES string of the molecule is CCC1CCC(c2ccc(C3CCC(COc4ccc(C5CO5)c(F)c4)CC3)c(F)c2F)CC1. The van der Waals surface area contributed by atoms with Crippen molar-refractivity contribution in [3.63, 3.8) is 0 Å². The fourth-order valence-electron chi connectivity index (χ4n) is 6.03. The number of ether oxygens (including phenoxy) is 2. The molecule has 2 aromatic rings. The number of hydrogen-bond acceptors (Lipinski definition) is 2. The van der Waals surface area contributed by atoms with Crippen LogP contribution < -0.4 is 4.74 Å². The first kappa shape index (κ1) is 23.7. The highest BCUT2D eigenvalue weighted by Gasteiger charge is 2.30. The molecule has 1 atom stereocenters. The van der Waals surface area contributed by atoms with Crippen LogP contribution in [0.15, 0.2) is 30.3 Å². The van der Waals surface area contributed by atoms with Crippen LogP contribution in [-0.4, -0.2) is 13.2 Å². The lowest BCUT2D eigenvalue weighted by atomic mass is 9.76. The van der Waals surface area contributed by atoms with Crippen molar-refractivity contribution < 1.29 is 22.6 Å². The molecule has 34 heavy (non-hydrogen) atoms. The lowest BCUT2D eigenvalue weighted by molar-refractivity contribution is 0.198. The van der Waals surface area contributed by atoms with E-state index >= 15 is 8.78 Å². The largest absolute Gasteiger partial charge is 0.493 e. The van der Waals surface area contributed by atoms with Gasteiger partial charge in [-0.25, -0.2) is 13.2 Å². The molecule has 1 aliphatic heterocycles. The molecule has 2 saturated carbocycles. The lowest BCUT2D eigenvalue weighted by Crippen LogP contribution is -2.20. The first-order chi connectivity index (χ1) is 16.5. The van der Waals surface area contributed by atoms with Gasteiger partial charge in [0.1, 0.15) is 17.7 Å². The minimum atomic E-state index is -0.634. The number of epoxide rings is 1. The van der Waals surface area contributed by atoms with E-state index in [1.165, 1.54) is 12.5 Å². The van der Waals surface area contributed by atoms with Crippen LogP contribution in [0.1, 0.15) is 99.3 Å². The summed E-state index contributed by atoms with van der Waals surface area (Å²) in [5.74, 6) is 0.254. The van der Waals surface area contributed by atoms with Gasteiger partial charge in [-0.1, -0.05) is 25.5 Å². The summed E-state index contributed by atoms with van der Waals surface area (Å²) in [5.41, 5.74) is 1.69. The van der Waals surface area contributed by atoms with Crippen molar-refractivity contribution in [3.8, 4) is 5.75 Å². The summed E-state index contributed by atoms with van der Waals surface area (Å²) in [4.78, 5) is 0. The van der Waals surface area contributed by atoms with Gasteiger partial charge in [0.15, 0.2) is 11.6 Å². The lowest BCUT2D eigenvalue weighted by Gasteiger charge is -2.31. The fraction of sp³-hybridized carbons (Fsp3) is 0.586. The molecule has 2 aromatic carbocycles. The Morgan fingerprint density at radius 3 is 1.79 bits per heavy atom. The second kappa shape index (κ2) is 10.3. The monoisotopic (exact) mass is 472 g/mol. The molecule has 3 aliphatic rings. The average molecular weight is 473 g/mol. The van der Waals surface area contributed by atoms with Crippen LogP contribution in [0.4, 0.5) is 13.2 Å². The van der Waals surface area contributed by atoms with Crippen molar-refractivity contribution in [2.24, 2.45) is 11.8 Å². The van der Waals surface area contributed by atoms with E-state index in [-0.39, 0.29) is 23.8 Å². The van der Waals surface area contributed by atoms with E-state index in [0.717, 1.165) is 57.3 Å². The van der Waals surface area contributed by atoms with Crippen molar-refractivity contribution in [3.05, 3.63) is 64.5 Å². The molecule has 2 nitrogen and oxygen atoms in total. The van der Waals surface area contributed by atoms with Gasteiger partial charge in [0.2, 0.25) is 0 Å². The van der Waals surface area contributed by atoms with Gasteiger partial charge in [-0.05, 0) is 98.3 Å². The third kappa shape index (κ3) is 5.15. The summed E-state index contributed by atoms with van der Waals surface area (Å²) in [5, 5.41) is 0. The van der Waals surface area contributed by atoms with Crippen LogP contribution in [-0.2, 0) is 4.74 Å². The Bertz CT molecular complexity index is 987. The summed E-state index contributed by atoms with van der Waals surface area (Å²) in [7, 11) is 0. The van der Waals surface area contributed by atoms with Gasteiger partial charge in [-0.3, -0.25) is 0 Å². The maximum Gasteiger partial charge on any atom is 0.162 e. The average Bonchev–Trinajstić information content (AvgIpc) is 3.70. The molecule has 0 N–H and O–H groups in total. The molecule has 1 unspecified atom stereocenters. The molecule has 3 fully saturated rings. The Hall–Kier alpha value is -2.01. The molecule has 5 rings (SSSR count). The van der Waals surface area contributed by atoms with E-state index in [1.807, 2.05) is 12.1 Å². The van der Waals surface area contributed by atoms with Crippen LogP contribution >= 0.6 is 0 Å². The van der Waals surface area contributed by atoms with Crippen molar-refractivity contribution in [1.82, 2.24) is 0 Å². The highest BCUT2D eigenvalue weighted by atomic mass is 19.2. The Morgan fingerprint density at radius 2 is 1.29 bits per heavy atom. The third-order valence-corrected chi connectivity index (χ3v) is 8.43. The Balaban J connectivity index is 1.15. The van der Waals surface area contributed by atoms with Crippen molar-refractivity contribution >= 4 is 0 Å². The molecule has 1 heterocycles. The summed E-state index contributed by atoms with van der Waals surface area (Å²) in [6, 6.07) is 8.65. The van der Waals surface area contributed by atoms with Gasteiger partial charge in [0.25, 0.3) is 0 Å². The van der Waals surface area contributed by atoms with Gasteiger partial charge >= 0.3 is 0 Å². The molecular formula is C29H35F3O2. The van der Waals surface area contributed by atoms with Crippen LogP contribution in [0.25, 0.3) is 0 Å². The first-order valence-electron chi connectivity index (χ1n) is 13.0. The van der Waals surface area contributed by atoms with E-state index in [2.05, 4.69) is 6.92 Å². The van der Waals surface area contributed by atoms with Crippen LogP contribution in [0, 0.1) is 29.3 Å². The van der Waals surface area contributed by atoms with Crippen LogP contribution in [0.5, 0.6) is 5.75 Å². The molecule has 1 saturated heterocycles. The van der Waals surface area contributed by atoms with Gasteiger partial charge in [-0.2, -0.15) is 0 Å². The number of halogens is 3. The Kier molecular flexibility index (Phi) is 7.19. The zero-order chi connectivity index (χ0) is 23.7. The van der Waals surface area contributed by atoms with Crippen LogP contribution in [0.2, 0.25) is 0 Å². The molecule has 0 amide bonds. The number of hydrogen-bond donors (Lipinski definition) is 0. The zero-order valence-corrected chi connectivity index (χ0v) is 20.0. The van der Waals surface area contributed by atoms with Crippen molar-refractivity contribution in [2.45, 2.75) is 82.7 Å².